The first-order valence-electron chi connectivity index (χ1n) is 8.17. The molecule has 0 aliphatic carbocycles. The smallest absolute Gasteiger partial charge is 0.256 e. The van der Waals surface area contributed by atoms with Gasteiger partial charge in [0.1, 0.15) is 16.9 Å². The van der Waals surface area contributed by atoms with Crippen LogP contribution in [0.4, 0.5) is 4.39 Å². The second kappa shape index (κ2) is 6.14. The van der Waals surface area contributed by atoms with Crippen molar-refractivity contribution in [1.29, 1.82) is 5.26 Å². The zero-order valence-corrected chi connectivity index (χ0v) is 14.8. The van der Waals surface area contributed by atoms with Gasteiger partial charge in [0.25, 0.3) is 5.56 Å². The van der Waals surface area contributed by atoms with Crippen molar-refractivity contribution in [3.05, 3.63) is 64.7 Å². The highest BCUT2D eigenvalue weighted by molar-refractivity contribution is 7.99. The molecule has 0 unspecified atom stereocenters. The molecule has 9 heteroatoms. The summed E-state index contributed by atoms with van der Waals surface area (Å²) in [6, 6.07) is 8.04. The molecule has 134 valence electrons. The first kappa shape index (κ1) is 16.4. The van der Waals surface area contributed by atoms with Crippen LogP contribution in [0.5, 0.6) is 0 Å². The van der Waals surface area contributed by atoms with E-state index in [0.29, 0.717) is 42.8 Å². The molecule has 3 aromatic heterocycles. The number of benzene rings is 2. The number of halogens is 1. The van der Waals surface area contributed by atoms with Crippen molar-refractivity contribution in [3.8, 4) is 6.07 Å². The fraction of sp³-hybridized carbons (Fsp3) is 0. The predicted molar refractivity (Wildman–Crippen MR) is 103 cm³/mol. The minimum Gasteiger partial charge on any atom is -0.332 e. The van der Waals surface area contributed by atoms with Crippen LogP contribution in [0.25, 0.3) is 32.6 Å². The van der Waals surface area contributed by atoms with Crippen LogP contribution >= 0.6 is 11.8 Å². The summed E-state index contributed by atoms with van der Waals surface area (Å²) >= 11 is 1.17. The van der Waals surface area contributed by atoms with Crippen LogP contribution in [-0.4, -0.2) is 24.9 Å². The van der Waals surface area contributed by atoms with Crippen LogP contribution in [0.3, 0.4) is 0 Å². The molecule has 0 bridgehead atoms. The second-order valence-electron chi connectivity index (χ2n) is 5.97. The molecule has 0 aliphatic heterocycles. The number of imidazole rings is 1. The monoisotopic (exact) mass is 388 g/mol. The molecule has 2 aromatic carbocycles. The van der Waals surface area contributed by atoms with Gasteiger partial charge in [-0.3, -0.25) is 4.79 Å². The molecule has 0 atom stereocenters. The summed E-state index contributed by atoms with van der Waals surface area (Å²) in [5.41, 5.74) is 1.15. The maximum atomic E-state index is 13.9. The van der Waals surface area contributed by atoms with Crippen LogP contribution in [0.2, 0.25) is 0 Å². The highest BCUT2D eigenvalue weighted by atomic mass is 32.2. The van der Waals surface area contributed by atoms with Gasteiger partial charge in [-0.1, -0.05) is 0 Å². The zero-order chi connectivity index (χ0) is 19.3. The van der Waals surface area contributed by atoms with Gasteiger partial charge >= 0.3 is 0 Å². The van der Waals surface area contributed by atoms with Gasteiger partial charge < -0.3 is 9.97 Å². The Morgan fingerprint density at radius 3 is 2.82 bits per heavy atom. The van der Waals surface area contributed by atoms with E-state index in [1.807, 2.05) is 6.07 Å². The van der Waals surface area contributed by atoms with E-state index in [-0.39, 0.29) is 11.3 Å². The molecule has 3 heterocycles. The predicted octanol–water partition coefficient (Wildman–Crippen LogP) is 3.51. The lowest BCUT2D eigenvalue weighted by Gasteiger charge is -2.05. The molecule has 0 spiro atoms. The van der Waals surface area contributed by atoms with Crippen LogP contribution in [0.1, 0.15) is 5.69 Å². The number of nitrogens with one attached hydrogen (secondary N) is 2. The van der Waals surface area contributed by atoms with Crippen molar-refractivity contribution in [1.82, 2.24) is 24.9 Å². The van der Waals surface area contributed by atoms with E-state index in [0.717, 1.165) is 0 Å². The molecular weight excluding hydrogens is 379 g/mol. The van der Waals surface area contributed by atoms with Crippen LogP contribution in [0, 0.1) is 17.1 Å². The summed E-state index contributed by atoms with van der Waals surface area (Å²) in [4.78, 5) is 31.1. The number of nitriles is 1. The van der Waals surface area contributed by atoms with E-state index in [1.165, 1.54) is 42.5 Å². The topological polar surface area (TPSA) is 111 Å². The third kappa shape index (κ3) is 2.43. The maximum Gasteiger partial charge on any atom is 0.256 e. The number of aromatic amines is 2. The fourth-order valence-corrected chi connectivity index (χ4v) is 4.02. The lowest BCUT2D eigenvalue weighted by Crippen LogP contribution is -2.05. The molecular formula is C19H9FN6OS. The van der Waals surface area contributed by atoms with Gasteiger partial charge in [0.2, 0.25) is 0 Å². The Labute approximate surface area is 160 Å². The minimum atomic E-state index is -0.427. The van der Waals surface area contributed by atoms with Crippen LogP contribution in [0.15, 0.2) is 57.8 Å². The molecule has 28 heavy (non-hydrogen) atoms. The van der Waals surface area contributed by atoms with Crippen molar-refractivity contribution in [2.24, 2.45) is 0 Å². The summed E-state index contributed by atoms with van der Waals surface area (Å²) in [5.74, 6) is -0.427. The molecule has 0 radical (unpaired) electrons. The molecule has 2 N–H and O–H groups in total. The highest BCUT2D eigenvalue weighted by Gasteiger charge is 2.17. The van der Waals surface area contributed by atoms with Gasteiger partial charge in [0.05, 0.1) is 16.4 Å². The summed E-state index contributed by atoms with van der Waals surface area (Å²) in [6.45, 7) is 0. The van der Waals surface area contributed by atoms with Gasteiger partial charge in [-0.25, -0.2) is 19.3 Å². The number of hydrogen-bond acceptors (Lipinski definition) is 6. The second-order valence-corrected chi connectivity index (χ2v) is 6.95. The number of fused-ring (bicyclic) bond motifs is 6. The third-order valence-corrected chi connectivity index (χ3v) is 5.26. The lowest BCUT2D eigenvalue weighted by atomic mass is 10.0. The molecule has 0 fully saturated rings. The first-order chi connectivity index (χ1) is 13.7. The van der Waals surface area contributed by atoms with Gasteiger partial charge in [-0.15, -0.1) is 0 Å². The van der Waals surface area contributed by atoms with Crippen LogP contribution < -0.4 is 5.56 Å². The molecule has 0 aliphatic rings. The largest absolute Gasteiger partial charge is 0.332 e. The number of rotatable bonds is 2. The third-order valence-electron chi connectivity index (χ3n) is 4.38. The number of H-pyrrole nitrogens is 2. The summed E-state index contributed by atoms with van der Waals surface area (Å²) < 4.78 is 13.9. The van der Waals surface area contributed by atoms with Crippen molar-refractivity contribution >= 4 is 44.3 Å². The zero-order valence-electron chi connectivity index (χ0n) is 14.0. The lowest BCUT2D eigenvalue weighted by molar-refractivity contribution is 0.630. The maximum absolute atomic E-state index is 13.9. The average molecular weight is 388 g/mol. The Morgan fingerprint density at radius 2 is 1.96 bits per heavy atom. The first-order valence-corrected chi connectivity index (χ1v) is 8.98. The van der Waals surface area contributed by atoms with Crippen molar-refractivity contribution in [2.75, 3.05) is 0 Å². The Morgan fingerprint density at radius 1 is 1.11 bits per heavy atom. The van der Waals surface area contributed by atoms with E-state index >= 15 is 0 Å². The Balaban J connectivity index is 1.84. The van der Waals surface area contributed by atoms with Gasteiger partial charge in [0, 0.05) is 34.7 Å². The minimum absolute atomic E-state index is 0.196. The Kier molecular flexibility index (Phi) is 3.60. The van der Waals surface area contributed by atoms with Gasteiger partial charge in [-0.2, -0.15) is 5.26 Å². The average Bonchev–Trinajstić information content (AvgIpc) is 3.12. The number of pyridine rings is 1. The Bertz CT molecular complexity index is 1500. The number of nitrogens with zero attached hydrogens (tertiary/aromatic N) is 4. The van der Waals surface area contributed by atoms with Gasteiger partial charge in [-0.05, 0) is 36.0 Å². The van der Waals surface area contributed by atoms with Crippen molar-refractivity contribution < 1.29 is 4.39 Å². The molecule has 0 amide bonds. The van der Waals surface area contributed by atoms with Crippen LogP contribution in [-0.2, 0) is 0 Å². The quantitative estimate of drug-likeness (QED) is 0.448. The highest BCUT2D eigenvalue weighted by Crippen LogP contribution is 2.35. The van der Waals surface area contributed by atoms with E-state index < -0.39 is 5.82 Å². The molecule has 5 aromatic rings. The van der Waals surface area contributed by atoms with E-state index in [4.69, 9.17) is 0 Å². The van der Waals surface area contributed by atoms with E-state index in [9.17, 15) is 14.4 Å². The van der Waals surface area contributed by atoms with Crippen molar-refractivity contribution in [3.63, 3.8) is 0 Å². The summed E-state index contributed by atoms with van der Waals surface area (Å²) in [7, 11) is 0. The normalized spacial score (nSPS) is 11.3. The Hall–Kier alpha value is -3.77. The summed E-state index contributed by atoms with van der Waals surface area (Å²) in [6.07, 6.45) is 4.48. The molecule has 5 rings (SSSR count). The SMILES string of the molecule is N#Cc1nccnc1Sc1nc2c3cc[nH]c(=O)c3c3cc(F)ccc3c2[nH]1. The van der Waals surface area contributed by atoms with E-state index in [1.54, 1.807) is 12.1 Å². The fourth-order valence-electron chi connectivity index (χ4n) is 3.24. The van der Waals surface area contributed by atoms with Crippen molar-refractivity contribution in [2.45, 2.75) is 10.2 Å². The molecule has 0 saturated heterocycles. The number of hydrogen-bond donors (Lipinski definition) is 2. The standard InChI is InChI=1S/C19H9FN6OS/c20-9-1-2-10-12(7-9)14-11(3-4-23-17(14)27)16-15(10)25-19(26-16)28-18-13(8-21)22-5-6-24-18/h1-7H,(H,23,27)(H,25,26). The van der Waals surface area contributed by atoms with Gasteiger partial charge in [0.15, 0.2) is 10.9 Å². The molecule has 7 nitrogen and oxygen atoms in total. The van der Waals surface area contributed by atoms with E-state index in [2.05, 4.69) is 24.9 Å². The molecule has 0 saturated carbocycles. The number of aromatic nitrogens is 5. The summed E-state index contributed by atoms with van der Waals surface area (Å²) in [5, 5.41) is 12.3.